The lowest BCUT2D eigenvalue weighted by Crippen LogP contribution is -2.17. The van der Waals surface area contributed by atoms with E-state index in [1.165, 1.54) is 12.8 Å². The number of aryl methyl sites for hydroxylation is 2. The SMILES string of the molecule is O=C(Nc1ccc2c(c1)nc1n2CCCC1)c1cc2cccnc2n1Cc1ccccc1. The number of rotatable bonds is 4. The van der Waals surface area contributed by atoms with Crippen LogP contribution in [0.1, 0.15) is 34.7 Å². The van der Waals surface area contributed by atoms with Gasteiger partial charge in [0.15, 0.2) is 0 Å². The largest absolute Gasteiger partial charge is 0.328 e. The maximum Gasteiger partial charge on any atom is 0.272 e. The van der Waals surface area contributed by atoms with Gasteiger partial charge in [0.05, 0.1) is 11.0 Å². The summed E-state index contributed by atoms with van der Waals surface area (Å²) in [6, 6.07) is 21.9. The molecule has 0 unspecified atom stereocenters. The Balaban J connectivity index is 1.35. The summed E-state index contributed by atoms with van der Waals surface area (Å²) in [5, 5.41) is 4.03. The van der Waals surface area contributed by atoms with Crippen LogP contribution in [0.4, 0.5) is 5.69 Å². The molecule has 1 N–H and O–H groups in total. The van der Waals surface area contributed by atoms with Crippen LogP contribution in [0.5, 0.6) is 0 Å². The summed E-state index contributed by atoms with van der Waals surface area (Å²) in [5.41, 5.74) is 5.34. The molecule has 6 heteroatoms. The van der Waals surface area contributed by atoms with Gasteiger partial charge in [0.2, 0.25) is 0 Å². The average Bonchev–Trinajstić information content (AvgIpc) is 3.38. The van der Waals surface area contributed by atoms with Crippen molar-refractivity contribution in [3.63, 3.8) is 0 Å². The molecule has 1 aliphatic heterocycles. The minimum atomic E-state index is -0.151. The maximum absolute atomic E-state index is 13.3. The first kappa shape index (κ1) is 18.8. The summed E-state index contributed by atoms with van der Waals surface area (Å²) in [6.45, 7) is 1.60. The molecule has 2 aromatic carbocycles. The Morgan fingerprint density at radius 2 is 1.91 bits per heavy atom. The lowest BCUT2D eigenvalue weighted by molar-refractivity contribution is 0.101. The van der Waals surface area contributed by atoms with Crippen molar-refractivity contribution >= 4 is 33.7 Å². The van der Waals surface area contributed by atoms with Crippen LogP contribution in [0.15, 0.2) is 72.9 Å². The van der Waals surface area contributed by atoms with E-state index < -0.39 is 0 Å². The number of pyridine rings is 1. The van der Waals surface area contributed by atoms with E-state index in [4.69, 9.17) is 4.98 Å². The van der Waals surface area contributed by atoms with E-state index in [2.05, 4.69) is 33.1 Å². The molecule has 0 spiro atoms. The third-order valence-corrected chi connectivity index (χ3v) is 6.19. The van der Waals surface area contributed by atoms with E-state index in [1.807, 2.05) is 53.1 Å². The first-order valence-corrected chi connectivity index (χ1v) is 11.0. The third kappa shape index (κ3) is 3.24. The van der Waals surface area contributed by atoms with Gasteiger partial charge in [0.25, 0.3) is 5.91 Å². The number of carbonyl (C=O) groups excluding carboxylic acids is 1. The van der Waals surface area contributed by atoms with Gasteiger partial charge in [-0.3, -0.25) is 4.79 Å². The quantitative estimate of drug-likeness (QED) is 0.443. The summed E-state index contributed by atoms with van der Waals surface area (Å²) in [7, 11) is 0. The van der Waals surface area contributed by atoms with Gasteiger partial charge in [-0.1, -0.05) is 30.3 Å². The number of anilines is 1. The zero-order valence-corrected chi connectivity index (χ0v) is 17.7. The fourth-order valence-electron chi connectivity index (χ4n) is 4.65. The van der Waals surface area contributed by atoms with Crippen LogP contribution >= 0.6 is 0 Å². The van der Waals surface area contributed by atoms with Crippen LogP contribution in [0, 0.1) is 0 Å². The highest BCUT2D eigenvalue weighted by Crippen LogP contribution is 2.26. The monoisotopic (exact) mass is 421 g/mol. The molecule has 0 bridgehead atoms. The molecule has 1 amide bonds. The van der Waals surface area contributed by atoms with Gasteiger partial charge in [0.1, 0.15) is 17.2 Å². The Bertz CT molecular complexity index is 1450. The Morgan fingerprint density at radius 3 is 2.81 bits per heavy atom. The van der Waals surface area contributed by atoms with Gasteiger partial charge < -0.3 is 14.5 Å². The number of amides is 1. The van der Waals surface area contributed by atoms with E-state index in [1.54, 1.807) is 6.20 Å². The zero-order valence-electron chi connectivity index (χ0n) is 17.7. The molecule has 0 radical (unpaired) electrons. The van der Waals surface area contributed by atoms with Crippen LogP contribution in [-0.2, 0) is 19.5 Å². The lowest BCUT2D eigenvalue weighted by Gasteiger charge is -2.14. The van der Waals surface area contributed by atoms with Crippen molar-refractivity contribution < 1.29 is 4.79 Å². The second kappa shape index (κ2) is 7.64. The minimum absolute atomic E-state index is 0.151. The molecular formula is C26H23N5O. The highest BCUT2D eigenvalue weighted by Gasteiger charge is 2.18. The molecule has 0 saturated carbocycles. The topological polar surface area (TPSA) is 64.7 Å². The van der Waals surface area contributed by atoms with E-state index in [-0.39, 0.29) is 5.91 Å². The molecule has 32 heavy (non-hydrogen) atoms. The molecule has 0 fully saturated rings. The molecule has 3 aromatic heterocycles. The lowest BCUT2D eigenvalue weighted by atomic mass is 10.1. The Hall–Kier alpha value is -3.93. The van der Waals surface area contributed by atoms with Crippen LogP contribution in [0.25, 0.3) is 22.1 Å². The van der Waals surface area contributed by atoms with Crippen molar-refractivity contribution in [1.82, 2.24) is 19.1 Å². The molecule has 158 valence electrons. The molecule has 0 saturated heterocycles. The molecule has 6 nitrogen and oxygen atoms in total. The number of imidazole rings is 1. The molecule has 0 aliphatic carbocycles. The summed E-state index contributed by atoms with van der Waals surface area (Å²) < 4.78 is 4.28. The molecule has 0 atom stereocenters. The van der Waals surface area contributed by atoms with Crippen LogP contribution in [0.2, 0.25) is 0 Å². The van der Waals surface area contributed by atoms with Crippen molar-refractivity contribution in [2.45, 2.75) is 32.4 Å². The number of aromatic nitrogens is 4. The van der Waals surface area contributed by atoms with Crippen molar-refractivity contribution in [2.75, 3.05) is 5.32 Å². The van der Waals surface area contributed by atoms with E-state index in [0.717, 1.165) is 52.1 Å². The molecule has 4 heterocycles. The van der Waals surface area contributed by atoms with Crippen molar-refractivity contribution in [1.29, 1.82) is 0 Å². The van der Waals surface area contributed by atoms with Crippen molar-refractivity contribution in [3.05, 3.63) is 90.0 Å². The Kier molecular flexibility index (Phi) is 4.49. The minimum Gasteiger partial charge on any atom is -0.328 e. The van der Waals surface area contributed by atoms with E-state index in [0.29, 0.717) is 12.2 Å². The number of nitrogens with zero attached hydrogens (tertiary/aromatic N) is 4. The fourth-order valence-corrected chi connectivity index (χ4v) is 4.65. The van der Waals surface area contributed by atoms with Crippen LogP contribution in [-0.4, -0.2) is 25.0 Å². The average molecular weight is 422 g/mol. The van der Waals surface area contributed by atoms with Gasteiger partial charge in [-0.2, -0.15) is 0 Å². The summed E-state index contributed by atoms with van der Waals surface area (Å²) in [5.74, 6) is 0.992. The van der Waals surface area contributed by atoms with Crippen molar-refractivity contribution in [2.24, 2.45) is 0 Å². The highest BCUT2D eigenvalue weighted by atomic mass is 16.1. The van der Waals surface area contributed by atoms with E-state index >= 15 is 0 Å². The zero-order chi connectivity index (χ0) is 21.5. The van der Waals surface area contributed by atoms with Crippen LogP contribution in [0.3, 0.4) is 0 Å². The Labute approximate surface area is 185 Å². The second-order valence-electron chi connectivity index (χ2n) is 8.31. The second-order valence-corrected chi connectivity index (χ2v) is 8.31. The first-order chi connectivity index (χ1) is 15.8. The number of benzene rings is 2. The number of carbonyl (C=O) groups is 1. The molecule has 1 aliphatic rings. The number of fused-ring (bicyclic) bond motifs is 4. The maximum atomic E-state index is 13.3. The summed E-state index contributed by atoms with van der Waals surface area (Å²) in [4.78, 5) is 22.7. The van der Waals surface area contributed by atoms with Gasteiger partial charge in [-0.25, -0.2) is 9.97 Å². The molecule has 5 aromatic rings. The summed E-state index contributed by atoms with van der Waals surface area (Å²) in [6.07, 6.45) is 5.16. The number of nitrogens with one attached hydrogen (secondary N) is 1. The highest BCUT2D eigenvalue weighted by molar-refractivity contribution is 6.06. The smallest absolute Gasteiger partial charge is 0.272 e. The predicted molar refractivity (Wildman–Crippen MR) is 126 cm³/mol. The standard InChI is InChI=1S/C26H23N5O/c32-26(28-20-11-12-22-21(16-20)29-24-10-4-5-14-30(22)24)23-15-19-9-6-13-27-25(19)31(23)17-18-7-2-1-3-8-18/h1-3,6-9,11-13,15-16H,4-5,10,14,17H2,(H,28,32). The van der Waals surface area contributed by atoms with E-state index in [9.17, 15) is 4.79 Å². The van der Waals surface area contributed by atoms with Gasteiger partial charge in [-0.15, -0.1) is 0 Å². The Morgan fingerprint density at radius 1 is 1.00 bits per heavy atom. The fraction of sp³-hybridized carbons (Fsp3) is 0.192. The predicted octanol–water partition coefficient (Wildman–Crippen LogP) is 5.02. The molecular weight excluding hydrogens is 398 g/mol. The molecule has 6 rings (SSSR count). The number of hydrogen-bond acceptors (Lipinski definition) is 3. The van der Waals surface area contributed by atoms with Gasteiger partial charge >= 0.3 is 0 Å². The van der Waals surface area contributed by atoms with Crippen LogP contribution < -0.4 is 5.32 Å². The van der Waals surface area contributed by atoms with Gasteiger partial charge in [-0.05, 0) is 54.8 Å². The third-order valence-electron chi connectivity index (χ3n) is 6.19. The first-order valence-electron chi connectivity index (χ1n) is 11.0. The van der Waals surface area contributed by atoms with Crippen molar-refractivity contribution in [3.8, 4) is 0 Å². The summed E-state index contributed by atoms with van der Waals surface area (Å²) >= 11 is 0. The normalized spacial score (nSPS) is 13.4. The van der Waals surface area contributed by atoms with Gasteiger partial charge in [0, 0.05) is 36.8 Å². The number of hydrogen-bond donors (Lipinski definition) is 1.